The van der Waals surface area contributed by atoms with E-state index in [1.807, 2.05) is 0 Å². The van der Waals surface area contributed by atoms with Crippen molar-refractivity contribution in [3.63, 3.8) is 0 Å². The van der Waals surface area contributed by atoms with Crippen LogP contribution in [0.1, 0.15) is 61.6 Å². The molecule has 0 bridgehead atoms. The highest BCUT2D eigenvalue weighted by atomic mass is 16.5. The van der Waals surface area contributed by atoms with Gasteiger partial charge in [0.2, 0.25) is 0 Å². The lowest BCUT2D eigenvalue weighted by Crippen LogP contribution is -2.52. The van der Waals surface area contributed by atoms with Gasteiger partial charge in [-0.05, 0) is 44.4 Å². The first-order valence-electron chi connectivity index (χ1n) is 10.4. The van der Waals surface area contributed by atoms with Crippen LogP contribution in [0.5, 0.6) is 0 Å². The summed E-state index contributed by atoms with van der Waals surface area (Å²) in [4.78, 5) is 42.2. The average molecular weight is 408 g/mol. The average Bonchev–Trinajstić information content (AvgIpc) is 3.23. The third kappa shape index (κ3) is 3.67. The molecule has 156 valence electrons. The van der Waals surface area contributed by atoms with Crippen LogP contribution in [0.25, 0.3) is 10.9 Å². The van der Waals surface area contributed by atoms with E-state index in [4.69, 9.17) is 4.74 Å². The van der Waals surface area contributed by atoms with Crippen LogP contribution in [0, 0.1) is 11.3 Å². The number of carbonyl (C=O) groups is 2. The summed E-state index contributed by atoms with van der Waals surface area (Å²) in [5, 5.41) is 12.7. The highest BCUT2D eigenvalue weighted by Gasteiger charge is 2.35. The number of hydrogen-bond donors (Lipinski definition) is 1. The first-order chi connectivity index (χ1) is 14.4. The number of nitriles is 1. The zero-order chi connectivity index (χ0) is 21.3. The minimum absolute atomic E-state index is 0.102. The largest absolute Gasteiger partial charge is 0.449 e. The van der Waals surface area contributed by atoms with Gasteiger partial charge < -0.3 is 10.1 Å². The van der Waals surface area contributed by atoms with Crippen molar-refractivity contribution in [2.24, 2.45) is 0 Å². The van der Waals surface area contributed by atoms with Crippen LogP contribution < -0.4 is 10.9 Å². The second-order valence-electron chi connectivity index (χ2n) is 8.11. The number of fused-ring (bicyclic) bond motifs is 2. The van der Waals surface area contributed by atoms with Gasteiger partial charge in [-0.15, -0.1) is 0 Å². The van der Waals surface area contributed by atoms with E-state index in [0.717, 1.165) is 37.9 Å². The number of nitrogens with one attached hydrogen (secondary N) is 1. The lowest BCUT2D eigenvalue weighted by Gasteiger charge is -2.32. The molecule has 1 saturated carbocycles. The van der Waals surface area contributed by atoms with Gasteiger partial charge in [0.15, 0.2) is 6.10 Å². The lowest BCUT2D eigenvalue weighted by atomic mass is 9.83. The van der Waals surface area contributed by atoms with Crippen LogP contribution in [0.3, 0.4) is 0 Å². The first-order valence-corrected chi connectivity index (χ1v) is 10.4. The van der Waals surface area contributed by atoms with Crippen molar-refractivity contribution in [1.29, 1.82) is 5.26 Å². The second-order valence-corrected chi connectivity index (χ2v) is 8.11. The highest BCUT2D eigenvalue weighted by Crippen LogP contribution is 2.27. The van der Waals surface area contributed by atoms with E-state index in [1.54, 1.807) is 10.6 Å². The predicted molar refractivity (Wildman–Crippen MR) is 109 cm³/mol. The molecule has 0 radical (unpaired) electrons. The summed E-state index contributed by atoms with van der Waals surface area (Å²) >= 11 is 0. The van der Waals surface area contributed by atoms with Gasteiger partial charge in [0.25, 0.3) is 11.5 Å². The van der Waals surface area contributed by atoms with Crippen LogP contribution in [0.4, 0.5) is 0 Å². The van der Waals surface area contributed by atoms with Gasteiger partial charge in [-0.3, -0.25) is 14.2 Å². The molecule has 1 aromatic heterocycles. The third-order valence-electron chi connectivity index (χ3n) is 5.99. The number of nitrogens with zero attached hydrogens (tertiary/aromatic N) is 3. The Morgan fingerprint density at radius 3 is 2.77 bits per heavy atom. The summed E-state index contributed by atoms with van der Waals surface area (Å²) in [6.45, 7) is 2.15. The molecule has 4 rings (SSSR count). The molecule has 8 heteroatoms. The molecule has 0 saturated heterocycles. The number of esters is 1. The van der Waals surface area contributed by atoms with Crippen LogP contribution >= 0.6 is 0 Å². The molecule has 2 heterocycles. The highest BCUT2D eigenvalue weighted by molar-refractivity contribution is 5.95. The van der Waals surface area contributed by atoms with Crippen LogP contribution in [0.15, 0.2) is 23.0 Å². The Labute approximate surface area is 173 Å². The fourth-order valence-corrected chi connectivity index (χ4v) is 4.25. The number of hydrogen-bond acceptors (Lipinski definition) is 6. The second kappa shape index (κ2) is 7.90. The van der Waals surface area contributed by atoms with E-state index >= 15 is 0 Å². The number of amides is 1. The molecule has 1 N–H and O–H groups in total. The topological polar surface area (TPSA) is 114 Å². The molecule has 1 aliphatic heterocycles. The Morgan fingerprint density at radius 1 is 1.27 bits per heavy atom. The summed E-state index contributed by atoms with van der Waals surface area (Å²) < 4.78 is 7.00. The smallest absolute Gasteiger partial charge is 0.338 e. The molecular weight excluding hydrogens is 384 g/mol. The quantitative estimate of drug-likeness (QED) is 0.776. The van der Waals surface area contributed by atoms with Gasteiger partial charge in [-0.25, -0.2) is 9.78 Å². The molecule has 1 fully saturated rings. The van der Waals surface area contributed by atoms with Crippen molar-refractivity contribution in [2.75, 3.05) is 0 Å². The van der Waals surface area contributed by atoms with E-state index < -0.39 is 23.5 Å². The number of aromatic nitrogens is 2. The third-order valence-corrected chi connectivity index (χ3v) is 5.99. The van der Waals surface area contributed by atoms with Gasteiger partial charge in [0, 0.05) is 13.0 Å². The van der Waals surface area contributed by atoms with Crippen molar-refractivity contribution < 1.29 is 14.3 Å². The van der Waals surface area contributed by atoms with E-state index in [9.17, 15) is 19.6 Å². The normalized spacial score (nSPS) is 18.3. The maximum absolute atomic E-state index is 12.6. The van der Waals surface area contributed by atoms with Crippen molar-refractivity contribution in [1.82, 2.24) is 14.9 Å². The molecular formula is C22H24N4O4. The first kappa shape index (κ1) is 20.1. The minimum atomic E-state index is -1.04. The summed E-state index contributed by atoms with van der Waals surface area (Å²) in [5.74, 6) is -0.432. The Kier molecular flexibility index (Phi) is 5.29. The number of benzene rings is 1. The zero-order valence-electron chi connectivity index (χ0n) is 16.9. The minimum Gasteiger partial charge on any atom is -0.449 e. The zero-order valence-corrected chi connectivity index (χ0v) is 16.9. The summed E-state index contributed by atoms with van der Waals surface area (Å²) in [5.41, 5.74) is -0.310. The van der Waals surface area contributed by atoms with Crippen LogP contribution in [-0.4, -0.2) is 33.1 Å². The van der Waals surface area contributed by atoms with E-state index in [-0.39, 0.29) is 11.1 Å². The summed E-state index contributed by atoms with van der Waals surface area (Å²) in [7, 11) is 0. The number of carbonyl (C=O) groups excluding carboxylic acids is 2. The molecule has 30 heavy (non-hydrogen) atoms. The molecule has 2 aliphatic rings. The van der Waals surface area contributed by atoms with Crippen LogP contribution in [-0.2, 0) is 22.5 Å². The predicted octanol–water partition coefficient (Wildman–Crippen LogP) is 2.23. The Bertz CT molecular complexity index is 1110. The van der Waals surface area contributed by atoms with Crippen molar-refractivity contribution in [3.8, 4) is 6.07 Å². The maximum atomic E-state index is 12.6. The van der Waals surface area contributed by atoms with Gasteiger partial charge in [-0.1, -0.05) is 19.3 Å². The van der Waals surface area contributed by atoms with E-state index in [0.29, 0.717) is 30.3 Å². The van der Waals surface area contributed by atoms with Gasteiger partial charge in [0.1, 0.15) is 11.4 Å². The van der Waals surface area contributed by atoms with Crippen LogP contribution in [0.2, 0.25) is 0 Å². The van der Waals surface area contributed by atoms with Crippen molar-refractivity contribution in [3.05, 3.63) is 39.9 Å². The summed E-state index contributed by atoms with van der Waals surface area (Å²) in [6.07, 6.45) is 4.59. The standard InChI is InChI=1S/C22H24N4O4/c1-14(19(27)25-22(13-23)9-3-2-4-10-22)30-21(29)15-7-8-16-17(12-15)24-18-6-5-11-26(18)20(16)28/h7-8,12,14H,2-6,9-11H2,1H3,(H,25,27)/t14-/m1/s1. The molecule has 8 nitrogen and oxygen atoms in total. The molecule has 1 aromatic carbocycles. The van der Waals surface area contributed by atoms with Gasteiger partial charge >= 0.3 is 5.97 Å². The monoisotopic (exact) mass is 408 g/mol. The number of aryl methyl sites for hydroxylation is 1. The van der Waals surface area contributed by atoms with E-state index in [2.05, 4.69) is 16.4 Å². The SMILES string of the molecule is C[C@@H](OC(=O)c1ccc2c(=O)n3c(nc2c1)CCC3)C(=O)NC1(C#N)CCCCC1. The van der Waals surface area contributed by atoms with Gasteiger partial charge in [-0.2, -0.15) is 5.26 Å². The maximum Gasteiger partial charge on any atom is 0.338 e. The molecule has 1 aliphatic carbocycles. The van der Waals surface area contributed by atoms with E-state index in [1.165, 1.54) is 19.1 Å². The lowest BCUT2D eigenvalue weighted by molar-refractivity contribution is -0.130. The Balaban J connectivity index is 1.48. The molecule has 1 amide bonds. The number of rotatable bonds is 4. The molecule has 0 unspecified atom stereocenters. The fraction of sp³-hybridized carbons (Fsp3) is 0.500. The fourth-order valence-electron chi connectivity index (χ4n) is 4.25. The summed E-state index contributed by atoms with van der Waals surface area (Å²) in [6, 6.07) is 6.84. The van der Waals surface area contributed by atoms with Crippen molar-refractivity contribution in [2.45, 2.75) is 70.1 Å². The Morgan fingerprint density at radius 2 is 2.03 bits per heavy atom. The molecule has 0 spiro atoms. The van der Waals surface area contributed by atoms with Gasteiger partial charge in [0.05, 0.1) is 22.5 Å². The molecule has 2 aromatic rings. The van der Waals surface area contributed by atoms with Crippen molar-refractivity contribution >= 4 is 22.8 Å². The Hall–Kier alpha value is -3.21. The number of ether oxygens (including phenoxy) is 1. The molecule has 1 atom stereocenters.